The maximum Gasteiger partial charge on any atom is 0.0978 e. The van der Waals surface area contributed by atoms with E-state index in [4.69, 9.17) is 0 Å². The molecule has 1 heteroatoms. The fraction of sp³-hybridized carbons (Fsp3) is 0.714. The number of aliphatic hydroxyl groups excluding tert-OH is 1. The zero-order chi connectivity index (χ0) is 18.1. The van der Waals surface area contributed by atoms with Gasteiger partial charge in [0.1, 0.15) is 0 Å². The minimum absolute atomic E-state index is 0.0579. The SMILES string of the molecule is C=C(/C=C(\C=C(/O)C(C)(C)C)C(C)CCC)C(C)(C)C.CC. The van der Waals surface area contributed by atoms with E-state index in [1.54, 1.807) is 0 Å². The van der Waals surface area contributed by atoms with Crippen molar-refractivity contribution in [2.75, 3.05) is 0 Å². The van der Waals surface area contributed by atoms with Crippen LogP contribution in [0.1, 0.15) is 82.1 Å². The van der Waals surface area contributed by atoms with Crippen molar-refractivity contribution in [2.45, 2.75) is 82.1 Å². The second-order valence-electron chi connectivity index (χ2n) is 7.89. The van der Waals surface area contributed by atoms with Crippen molar-refractivity contribution >= 4 is 0 Å². The van der Waals surface area contributed by atoms with Gasteiger partial charge in [0.2, 0.25) is 0 Å². The van der Waals surface area contributed by atoms with Gasteiger partial charge < -0.3 is 5.11 Å². The minimum Gasteiger partial charge on any atom is -0.512 e. The molecule has 0 heterocycles. The summed E-state index contributed by atoms with van der Waals surface area (Å²) in [6.07, 6.45) is 6.36. The third-order valence-electron chi connectivity index (χ3n) is 3.67. The smallest absolute Gasteiger partial charge is 0.0978 e. The summed E-state index contributed by atoms with van der Waals surface area (Å²) in [5.74, 6) is 0.872. The molecule has 0 fully saturated rings. The van der Waals surface area contributed by atoms with Crippen LogP contribution >= 0.6 is 0 Å². The molecular formula is C21H40O. The van der Waals surface area contributed by atoms with Crippen molar-refractivity contribution in [3.05, 3.63) is 35.6 Å². The van der Waals surface area contributed by atoms with Crippen LogP contribution in [-0.4, -0.2) is 5.11 Å². The van der Waals surface area contributed by atoms with Crippen LogP contribution in [0.25, 0.3) is 0 Å². The summed E-state index contributed by atoms with van der Waals surface area (Å²) in [7, 11) is 0. The lowest BCUT2D eigenvalue weighted by molar-refractivity contribution is 0.276. The van der Waals surface area contributed by atoms with Crippen LogP contribution in [0.5, 0.6) is 0 Å². The molecule has 0 spiro atoms. The number of hydrogen-bond acceptors (Lipinski definition) is 1. The van der Waals surface area contributed by atoms with Gasteiger partial charge in [-0.3, -0.25) is 0 Å². The lowest BCUT2D eigenvalue weighted by Gasteiger charge is -2.23. The van der Waals surface area contributed by atoms with Gasteiger partial charge in [0.05, 0.1) is 5.76 Å². The average Bonchev–Trinajstić information content (AvgIpc) is 2.38. The Morgan fingerprint density at radius 2 is 1.45 bits per heavy atom. The summed E-state index contributed by atoms with van der Waals surface area (Å²) in [6.45, 7) is 25.2. The maximum atomic E-state index is 10.3. The van der Waals surface area contributed by atoms with Gasteiger partial charge in [-0.15, -0.1) is 0 Å². The zero-order valence-electron chi connectivity index (χ0n) is 16.8. The fourth-order valence-electron chi connectivity index (χ4n) is 1.72. The third-order valence-corrected chi connectivity index (χ3v) is 3.67. The van der Waals surface area contributed by atoms with Crippen LogP contribution in [0.4, 0.5) is 0 Å². The molecule has 0 aliphatic carbocycles. The first-order valence-electron chi connectivity index (χ1n) is 8.71. The molecule has 0 aromatic rings. The molecule has 0 rings (SSSR count). The molecule has 0 aliphatic heterocycles. The maximum absolute atomic E-state index is 10.3. The predicted molar refractivity (Wildman–Crippen MR) is 102 cm³/mol. The first-order valence-corrected chi connectivity index (χ1v) is 8.71. The van der Waals surface area contributed by atoms with Gasteiger partial charge in [-0.05, 0) is 35.0 Å². The molecule has 0 bridgehead atoms. The van der Waals surface area contributed by atoms with Gasteiger partial charge in [-0.2, -0.15) is 0 Å². The summed E-state index contributed by atoms with van der Waals surface area (Å²) in [4.78, 5) is 0. The molecule has 130 valence electrons. The molecule has 1 atom stereocenters. The molecule has 0 aromatic carbocycles. The molecular weight excluding hydrogens is 268 g/mol. The number of hydrogen-bond donors (Lipinski definition) is 1. The van der Waals surface area contributed by atoms with E-state index in [1.165, 1.54) is 5.57 Å². The first kappa shape index (κ1) is 23.3. The lowest BCUT2D eigenvalue weighted by Crippen LogP contribution is -2.11. The van der Waals surface area contributed by atoms with E-state index in [0.717, 1.165) is 18.4 Å². The van der Waals surface area contributed by atoms with Gasteiger partial charge >= 0.3 is 0 Å². The topological polar surface area (TPSA) is 20.2 Å². The highest BCUT2D eigenvalue weighted by Gasteiger charge is 2.19. The standard InChI is InChI=1S/C19H34O.C2H6/c1-10-11-14(2)16(12-15(3)18(4,5)6)13-17(20)19(7,8)9;1-2/h12-14,20H,3,10-11H2,1-2,4-9H3;1-2H3/b16-12+,17-13-;. The molecule has 0 radical (unpaired) electrons. The summed E-state index contributed by atoms with van der Waals surface area (Å²) >= 11 is 0. The molecule has 0 aromatic heterocycles. The van der Waals surface area contributed by atoms with Crippen molar-refractivity contribution in [3.63, 3.8) is 0 Å². The van der Waals surface area contributed by atoms with E-state index in [0.29, 0.717) is 11.7 Å². The molecule has 0 saturated heterocycles. The van der Waals surface area contributed by atoms with Gasteiger partial charge in [-0.25, -0.2) is 0 Å². The Balaban J connectivity index is 0. The second kappa shape index (κ2) is 9.92. The predicted octanol–water partition coefficient (Wildman–Crippen LogP) is 7.47. The number of allylic oxidation sites excluding steroid dienone is 5. The second-order valence-corrected chi connectivity index (χ2v) is 7.89. The van der Waals surface area contributed by atoms with E-state index < -0.39 is 0 Å². The third kappa shape index (κ3) is 9.12. The summed E-state index contributed by atoms with van der Waals surface area (Å²) in [5, 5.41) is 10.3. The summed E-state index contributed by atoms with van der Waals surface area (Å²) in [5.41, 5.74) is 2.13. The summed E-state index contributed by atoms with van der Waals surface area (Å²) in [6, 6.07) is 0. The van der Waals surface area contributed by atoms with Crippen LogP contribution in [-0.2, 0) is 0 Å². The van der Waals surface area contributed by atoms with Crippen LogP contribution in [0.3, 0.4) is 0 Å². The Bertz CT molecular complexity index is 383. The summed E-state index contributed by atoms with van der Waals surface area (Å²) < 4.78 is 0. The van der Waals surface area contributed by atoms with Crippen molar-refractivity contribution in [2.24, 2.45) is 16.7 Å². The van der Waals surface area contributed by atoms with Crippen LogP contribution < -0.4 is 0 Å². The van der Waals surface area contributed by atoms with E-state index >= 15 is 0 Å². The van der Waals surface area contributed by atoms with Gasteiger partial charge in [-0.1, -0.05) is 88.3 Å². The van der Waals surface area contributed by atoms with E-state index in [9.17, 15) is 5.11 Å². The first-order chi connectivity index (χ1) is 9.89. The highest BCUT2D eigenvalue weighted by Crippen LogP contribution is 2.31. The Morgan fingerprint density at radius 1 is 1.00 bits per heavy atom. The average molecular weight is 309 g/mol. The van der Waals surface area contributed by atoms with Crippen molar-refractivity contribution < 1.29 is 5.11 Å². The van der Waals surface area contributed by atoms with Crippen molar-refractivity contribution in [1.82, 2.24) is 0 Å². The van der Waals surface area contributed by atoms with Crippen molar-refractivity contribution in [1.29, 1.82) is 0 Å². The molecule has 1 nitrogen and oxygen atoms in total. The highest BCUT2D eigenvalue weighted by molar-refractivity contribution is 5.34. The zero-order valence-corrected chi connectivity index (χ0v) is 16.8. The van der Waals surface area contributed by atoms with E-state index in [1.807, 2.05) is 40.7 Å². The molecule has 1 N–H and O–H groups in total. The van der Waals surface area contributed by atoms with E-state index in [2.05, 4.69) is 47.3 Å². The van der Waals surface area contributed by atoms with Crippen LogP contribution in [0.2, 0.25) is 0 Å². The molecule has 1 unspecified atom stereocenters. The van der Waals surface area contributed by atoms with Crippen LogP contribution in [0.15, 0.2) is 35.6 Å². The molecule has 0 aliphatic rings. The molecule has 0 saturated carbocycles. The fourth-order valence-corrected chi connectivity index (χ4v) is 1.72. The Morgan fingerprint density at radius 3 is 1.77 bits per heavy atom. The normalized spacial score (nSPS) is 15.0. The largest absolute Gasteiger partial charge is 0.512 e. The lowest BCUT2D eigenvalue weighted by atomic mass is 9.83. The van der Waals surface area contributed by atoms with Crippen LogP contribution in [0, 0.1) is 16.7 Å². The molecule has 22 heavy (non-hydrogen) atoms. The Kier molecular flexibility index (Phi) is 10.5. The number of aliphatic hydroxyl groups is 1. The Hall–Kier alpha value is -0.980. The van der Waals surface area contributed by atoms with Gasteiger partial charge in [0.15, 0.2) is 0 Å². The quantitative estimate of drug-likeness (QED) is 0.412. The monoisotopic (exact) mass is 308 g/mol. The molecule has 0 amide bonds. The van der Waals surface area contributed by atoms with Crippen molar-refractivity contribution in [3.8, 4) is 0 Å². The Labute approximate surface area is 140 Å². The minimum atomic E-state index is -0.214. The number of rotatable bonds is 5. The van der Waals surface area contributed by atoms with E-state index in [-0.39, 0.29) is 10.8 Å². The van der Waals surface area contributed by atoms with Gasteiger partial charge in [0.25, 0.3) is 0 Å². The van der Waals surface area contributed by atoms with Gasteiger partial charge in [0, 0.05) is 5.41 Å². The highest BCUT2D eigenvalue weighted by atomic mass is 16.3.